The van der Waals surface area contributed by atoms with Crippen LogP contribution in [0, 0.1) is 11.8 Å². The number of carbonyl (C=O) groups is 10. The molecule has 0 spiro atoms. The number of benzene rings is 2. The van der Waals surface area contributed by atoms with E-state index in [1.54, 1.807) is 74.5 Å². The van der Waals surface area contributed by atoms with Crippen LogP contribution >= 0.6 is 11.8 Å². The predicted octanol–water partition coefficient (Wildman–Crippen LogP) is -3.08. The van der Waals surface area contributed by atoms with E-state index >= 15 is 0 Å². The van der Waals surface area contributed by atoms with Gasteiger partial charge in [0.15, 0.2) is 0 Å². The molecule has 0 aliphatic rings. The minimum absolute atomic E-state index is 0.128. The highest BCUT2D eigenvalue weighted by Crippen LogP contribution is 2.10. The number of thioether (sulfide) groups is 1. The summed E-state index contributed by atoms with van der Waals surface area (Å²) in [5.41, 5.74) is 6.98. The zero-order valence-electron chi connectivity index (χ0n) is 39.1. The Kier molecular flexibility index (Phi) is 25.4. The van der Waals surface area contributed by atoms with Crippen LogP contribution in [0.25, 0.3) is 0 Å². The van der Waals surface area contributed by atoms with E-state index in [-0.39, 0.29) is 12.8 Å². The van der Waals surface area contributed by atoms with E-state index in [0.717, 1.165) is 0 Å². The van der Waals surface area contributed by atoms with Crippen LogP contribution in [0.2, 0.25) is 0 Å². The summed E-state index contributed by atoms with van der Waals surface area (Å²) in [5.74, 6) is -11.1. The molecule has 23 nitrogen and oxygen atoms in total. The zero-order chi connectivity index (χ0) is 51.8. The van der Waals surface area contributed by atoms with Gasteiger partial charge in [-0.25, -0.2) is 4.79 Å². The standard InChI is InChI=1S/C45H65N9O14S/c1-24(2)36(53-38(60)28(46)16-17-69-5)43(65)47-21-34(57)48-32(22-55)42(64)54-37(25(3)4)44(66)50-30(20-35(58)59)40(62)49-29(18-26-12-8-6-9-13-26)39(61)52-33(23-56)41(63)51-31(45(67)68)19-27-14-10-7-11-15-27/h6-15,24-25,28-33,36-37,55-56H,16-23,46H2,1-5H3,(H,47,65)(H,48,57)(H,49,62)(H,50,66)(H,51,63)(H,52,61)(H,53,60)(H,54,64)(H,58,59)(H,67,68)/t28-,29-,30-,31-,32-,33-,36-,37-/m0/s1. The second-order valence-electron chi connectivity index (χ2n) is 16.6. The van der Waals surface area contributed by atoms with Crippen molar-refractivity contribution >= 4 is 71.0 Å². The van der Waals surface area contributed by atoms with Crippen LogP contribution in [0.3, 0.4) is 0 Å². The second-order valence-corrected chi connectivity index (χ2v) is 17.6. The monoisotopic (exact) mass is 987 g/mol. The van der Waals surface area contributed by atoms with Crippen LogP contribution in [0.15, 0.2) is 60.7 Å². The first-order valence-corrected chi connectivity index (χ1v) is 23.4. The molecule has 0 heterocycles. The number of carboxylic acids is 2. The smallest absolute Gasteiger partial charge is 0.326 e. The van der Waals surface area contributed by atoms with E-state index in [2.05, 4.69) is 42.5 Å². The number of hydrogen-bond donors (Lipinski definition) is 13. The molecule has 0 aliphatic carbocycles. The Balaban J connectivity index is 2.21. The maximum atomic E-state index is 13.8. The minimum Gasteiger partial charge on any atom is -0.481 e. The second kappa shape index (κ2) is 30.0. The third-order valence-corrected chi connectivity index (χ3v) is 11.0. The van der Waals surface area contributed by atoms with Gasteiger partial charge in [0.25, 0.3) is 0 Å². The molecule has 0 saturated heterocycles. The molecule has 8 amide bonds. The van der Waals surface area contributed by atoms with E-state index in [1.807, 2.05) is 6.26 Å². The average Bonchev–Trinajstić information content (AvgIpc) is 3.30. The van der Waals surface area contributed by atoms with Crippen molar-refractivity contribution < 1.29 is 68.4 Å². The van der Waals surface area contributed by atoms with Crippen molar-refractivity contribution in [3.63, 3.8) is 0 Å². The molecule has 8 atom stereocenters. The van der Waals surface area contributed by atoms with E-state index in [4.69, 9.17) is 5.73 Å². The van der Waals surface area contributed by atoms with Crippen LogP contribution < -0.4 is 48.3 Å². The summed E-state index contributed by atoms with van der Waals surface area (Å²) in [6.45, 7) is 3.66. The first-order valence-electron chi connectivity index (χ1n) is 22.0. The summed E-state index contributed by atoms with van der Waals surface area (Å²) < 4.78 is 0. The minimum atomic E-state index is -1.88. The molecule has 0 bridgehead atoms. The number of hydrogen-bond acceptors (Lipinski definition) is 14. The first-order chi connectivity index (χ1) is 32.6. The number of aliphatic carboxylic acids is 2. The van der Waals surface area contributed by atoms with E-state index in [9.17, 15) is 68.4 Å². The van der Waals surface area contributed by atoms with Gasteiger partial charge in [0.1, 0.15) is 42.3 Å². The first kappa shape index (κ1) is 58.5. The third-order valence-electron chi connectivity index (χ3n) is 10.4. The van der Waals surface area contributed by atoms with Crippen LogP contribution in [0.5, 0.6) is 0 Å². The van der Waals surface area contributed by atoms with Crippen molar-refractivity contribution in [2.45, 2.75) is 102 Å². The number of aliphatic hydroxyl groups excluding tert-OH is 2. The molecular formula is C45H65N9O14S. The average molecular weight is 988 g/mol. The zero-order valence-corrected chi connectivity index (χ0v) is 39.9. The summed E-state index contributed by atoms with van der Waals surface area (Å²) in [5, 5.41) is 58.4. The van der Waals surface area contributed by atoms with Gasteiger partial charge in [-0.3, -0.25) is 43.2 Å². The SMILES string of the molecule is CSCC[C@H](N)C(=O)N[C@H](C(=O)NCC(=O)N[C@@H](CO)C(=O)N[C@H](C(=O)N[C@@H](CC(=O)O)C(=O)N[C@@H](Cc1ccccc1)C(=O)N[C@@H](CO)C(=O)N[C@@H](Cc1ccccc1)C(=O)O)C(C)C)C(C)C. The Morgan fingerprint density at radius 1 is 0.536 bits per heavy atom. The van der Waals surface area contributed by atoms with Gasteiger partial charge in [-0.2, -0.15) is 11.8 Å². The molecule has 0 fully saturated rings. The van der Waals surface area contributed by atoms with Crippen LogP contribution in [0.4, 0.5) is 0 Å². The highest BCUT2D eigenvalue weighted by atomic mass is 32.2. The van der Waals surface area contributed by atoms with Gasteiger partial charge in [0, 0.05) is 12.8 Å². The van der Waals surface area contributed by atoms with Crippen LogP contribution in [-0.2, 0) is 60.8 Å². The molecule has 2 rings (SSSR count). The van der Waals surface area contributed by atoms with Gasteiger partial charge in [0.2, 0.25) is 47.3 Å². The molecule has 69 heavy (non-hydrogen) atoms. The lowest BCUT2D eigenvalue weighted by molar-refractivity contribution is -0.142. The van der Waals surface area contributed by atoms with Gasteiger partial charge in [-0.05, 0) is 41.4 Å². The highest BCUT2D eigenvalue weighted by Gasteiger charge is 2.35. The van der Waals surface area contributed by atoms with Crippen LogP contribution in [-0.4, -0.2) is 160 Å². The number of nitrogens with two attached hydrogens (primary N) is 1. The van der Waals surface area contributed by atoms with Gasteiger partial charge in [0.05, 0.1) is 32.2 Å². The van der Waals surface area contributed by atoms with Crippen molar-refractivity contribution in [2.75, 3.05) is 31.8 Å². The highest BCUT2D eigenvalue weighted by molar-refractivity contribution is 7.98. The van der Waals surface area contributed by atoms with E-state index in [1.165, 1.54) is 25.6 Å². The van der Waals surface area contributed by atoms with Crippen molar-refractivity contribution in [1.29, 1.82) is 0 Å². The molecule has 2 aromatic carbocycles. The lowest BCUT2D eigenvalue weighted by Crippen LogP contribution is -2.61. The molecule has 0 saturated carbocycles. The lowest BCUT2D eigenvalue weighted by Gasteiger charge is -2.28. The van der Waals surface area contributed by atoms with Gasteiger partial charge < -0.3 is 68.7 Å². The number of carbonyl (C=O) groups excluding carboxylic acids is 8. The molecule has 0 unspecified atom stereocenters. The Bertz CT molecular complexity index is 2060. The summed E-state index contributed by atoms with van der Waals surface area (Å²) >= 11 is 1.50. The lowest BCUT2D eigenvalue weighted by atomic mass is 10.0. The number of nitrogens with one attached hydrogen (secondary N) is 8. The van der Waals surface area contributed by atoms with Gasteiger partial charge in [-0.1, -0.05) is 88.4 Å². The fraction of sp³-hybridized carbons (Fsp3) is 0.511. The molecule has 2 aromatic rings. The molecule has 0 aromatic heterocycles. The summed E-state index contributed by atoms with van der Waals surface area (Å²) in [6, 6.07) is 4.77. The fourth-order valence-electron chi connectivity index (χ4n) is 6.44. The molecular weight excluding hydrogens is 923 g/mol. The summed E-state index contributed by atoms with van der Waals surface area (Å²) in [4.78, 5) is 130. The molecule has 14 N–H and O–H groups in total. The van der Waals surface area contributed by atoms with Crippen molar-refractivity contribution in [2.24, 2.45) is 17.6 Å². The molecule has 0 radical (unpaired) electrons. The van der Waals surface area contributed by atoms with Gasteiger partial charge in [-0.15, -0.1) is 0 Å². The number of rotatable bonds is 30. The van der Waals surface area contributed by atoms with E-state index in [0.29, 0.717) is 23.3 Å². The Morgan fingerprint density at radius 2 is 0.957 bits per heavy atom. The van der Waals surface area contributed by atoms with Crippen molar-refractivity contribution in [3.05, 3.63) is 71.8 Å². The molecule has 380 valence electrons. The molecule has 0 aliphatic heterocycles. The third kappa shape index (κ3) is 20.6. The summed E-state index contributed by atoms with van der Waals surface area (Å²) in [6.07, 6.45) is 0.820. The maximum absolute atomic E-state index is 13.8. The Morgan fingerprint density at radius 3 is 1.45 bits per heavy atom. The predicted molar refractivity (Wildman–Crippen MR) is 252 cm³/mol. The quantitative estimate of drug-likeness (QED) is 0.0369. The normalized spacial score (nSPS) is 14.5. The Labute approximate surface area is 403 Å². The van der Waals surface area contributed by atoms with E-state index < -0.39 is 146 Å². The van der Waals surface area contributed by atoms with Crippen molar-refractivity contribution in [3.8, 4) is 0 Å². The number of aliphatic hydroxyl groups is 2. The largest absolute Gasteiger partial charge is 0.481 e. The topological polar surface area (TPSA) is 374 Å². The maximum Gasteiger partial charge on any atom is 0.326 e. The molecule has 24 heteroatoms. The Hall–Kier alpha value is -6.63. The number of amides is 8. The van der Waals surface area contributed by atoms with Crippen molar-refractivity contribution in [1.82, 2.24) is 42.5 Å². The fourth-order valence-corrected chi connectivity index (χ4v) is 6.93. The van der Waals surface area contributed by atoms with Gasteiger partial charge >= 0.3 is 11.9 Å². The number of carboxylic acid groups (broad SMARTS) is 2. The summed E-state index contributed by atoms with van der Waals surface area (Å²) in [7, 11) is 0. The van der Waals surface area contributed by atoms with Crippen LogP contribution in [0.1, 0.15) is 51.7 Å².